The number of hydrogen-bond acceptors (Lipinski definition) is 4. The van der Waals surface area contributed by atoms with Gasteiger partial charge >= 0.3 is 0 Å². The Morgan fingerprint density at radius 1 is 1.14 bits per heavy atom. The van der Waals surface area contributed by atoms with Crippen molar-refractivity contribution in [1.29, 1.82) is 0 Å². The van der Waals surface area contributed by atoms with Gasteiger partial charge in [-0.2, -0.15) is 0 Å². The topological polar surface area (TPSA) is 92.5 Å². The molecule has 0 aromatic heterocycles. The van der Waals surface area contributed by atoms with Gasteiger partial charge in [0.1, 0.15) is 5.02 Å². The Morgan fingerprint density at radius 3 is 2.27 bits per heavy atom. The van der Waals surface area contributed by atoms with E-state index in [1.54, 1.807) is 0 Å². The lowest BCUT2D eigenvalue weighted by atomic mass is 10.2. The third-order valence-corrected chi connectivity index (χ3v) is 3.87. The summed E-state index contributed by atoms with van der Waals surface area (Å²) in [6.07, 6.45) is 0. The smallest absolute Gasteiger partial charge is 0.269 e. The molecule has 114 valence electrons. The van der Waals surface area contributed by atoms with Crippen molar-refractivity contribution < 1.29 is 14.8 Å². The maximum absolute atomic E-state index is 12.1. The Labute approximate surface area is 139 Å². The van der Waals surface area contributed by atoms with Gasteiger partial charge in [0.25, 0.3) is 11.6 Å². The van der Waals surface area contributed by atoms with Crippen LogP contribution in [0.4, 0.5) is 11.4 Å². The molecule has 2 aromatic carbocycles. The molecular formula is C13H7Cl3N2O4. The molecule has 0 radical (unpaired) electrons. The first-order valence-corrected chi connectivity index (χ1v) is 6.87. The number of rotatable bonds is 3. The Balaban J connectivity index is 2.27. The van der Waals surface area contributed by atoms with Crippen LogP contribution in [0, 0.1) is 10.1 Å². The average Bonchev–Trinajstić information content (AvgIpc) is 2.50. The molecule has 0 unspecified atom stereocenters. The zero-order chi connectivity index (χ0) is 16.4. The second kappa shape index (κ2) is 6.39. The summed E-state index contributed by atoms with van der Waals surface area (Å²) in [5.74, 6) is -0.948. The Morgan fingerprint density at radius 2 is 1.73 bits per heavy atom. The van der Waals surface area contributed by atoms with Crippen molar-refractivity contribution in [2.75, 3.05) is 5.32 Å². The number of anilines is 1. The fraction of sp³-hybridized carbons (Fsp3) is 0. The van der Waals surface area contributed by atoms with E-state index in [1.165, 1.54) is 30.3 Å². The van der Waals surface area contributed by atoms with E-state index in [1.807, 2.05) is 0 Å². The molecule has 0 saturated carbocycles. The first-order chi connectivity index (χ1) is 10.3. The zero-order valence-corrected chi connectivity index (χ0v) is 12.9. The normalized spacial score (nSPS) is 10.3. The first kappa shape index (κ1) is 16.4. The van der Waals surface area contributed by atoms with E-state index < -0.39 is 10.8 Å². The number of halogens is 3. The fourth-order valence-corrected chi connectivity index (χ4v) is 2.25. The molecular weight excluding hydrogens is 355 g/mol. The van der Waals surface area contributed by atoms with E-state index in [0.717, 1.165) is 0 Å². The van der Waals surface area contributed by atoms with Crippen LogP contribution >= 0.6 is 34.8 Å². The van der Waals surface area contributed by atoms with E-state index in [4.69, 9.17) is 34.8 Å². The van der Waals surface area contributed by atoms with Crippen LogP contribution in [0.3, 0.4) is 0 Å². The highest BCUT2D eigenvalue weighted by Gasteiger charge is 2.17. The molecule has 9 heteroatoms. The number of phenolic OH excluding ortho intramolecular Hbond substituents is 1. The van der Waals surface area contributed by atoms with E-state index in [0.29, 0.717) is 0 Å². The number of phenols is 1. The molecule has 6 nitrogen and oxygen atoms in total. The highest BCUT2D eigenvalue weighted by atomic mass is 35.5. The number of nitrogens with one attached hydrogen (secondary N) is 1. The molecule has 0 spiro atoms. The Bertz CT molecular complexity index is 763. The Hall–Kier alpha value is -2.02. The SMILES string of the molecule is O=C(Nc1cc(Cl)c(O)c(Cl)c1Cl)c1ccc([N+](=O)[O-])cc1. The van der Waals surface area contributed by atoms with Crippen molar-refractivity contribution in [2.45, 2.75) is 0 Å². The van der Waals surface area contributed by atoms with Gasteiger partial charge in [0.2, 0.25) is 0 Å². The number of carbonyl (C=O) groups is 1. The fourth-order valence-electron chi connectivity index (χ4n) is 1.61. The minimum atomic E-state index is -0.571. The monoisotopic (exact) mass is 360 g/mol. The number of nitrogens with zero attached hydrogens (tertiary/aromatic N) is 1. The van der Waals surface area contributed by atoms with Gasteiger partial charge in [-0.15, -0.1) is 0 Å². The zero-order valence-electron chi connectivity index (χ0n) is 10.6. The molecule has 0 aliphatic rings. The number of amides is 1. The van der Waals surface area contributed by atoms with Gasteiger partial charge in [-0.3, -0.25) is 14.9 Å². The number of carbonyl (C=O) groups excluding carboxylic acids is 1. The van der Waals surface area contributed by atoms with Crippen molar-refractivity contribution >= 4 is 52.1 Å². The van der Waals surface area contributed by atoms with Gasteiger partial charge in [0, 0.05) is 17.7 Å². The van der Waals surface area contributed by atoms with E-state index in [9.17, 15) is 20.0 Å². The Kier molecular flexibility index (Phi) is 4.75. The summed E-state index contributed by atoms with van der Waals surface area (Å²) in [4.78, 5) is 22.1. The summed E-state index contributed by atoms with van der Waals surface area (Å²) >= 11 is 17.5. The number of nitro benzene ring substituents is 1. The van der Waals surface area contributed by atoms with Crippen LogP contribution in [0.15, 0.2) is 30.3 Å². The quantitative estimate of drug-likeness (QED) is 0.364. The van der Waals surface area contributed by atoms with E-state index in [-0.39, 0.29) is 37.8 Å². The standard InChI is InChI=1S/C13H7Cl3N2O4/c14-8-5-9(10(15)11(16)12(8)19)17-13(20)6-1-3-7(4-2-6)18(21)22/h1-5,19H,(H,17,20). The molecule has 0 aliphatic heterocycles. The van der Waals surface area contributed by atoms with Crippen molar-refractivity contribution in [2.24, 2.45) is 0 Å². The lowest BCUT2D eigenvalue weighted by Crippen LogP contribution is -2.12. The third kappa shape index (κ3) is 3.24. The molecule has 22 heavy (non-hydrogen) atoms. The van der Waals surface area contributed by atoms with Crippen LogP contribution < -0.4 is 5.32 Å². The van der Waals surface area contributed by atoms with Crippen molar-refractivity contribution in [1.82, 2.24) is 0 Å². The van der Waals surface area contributed by atoms with Crippen molar-refractivity contribution in [3.63, 3.8) is 0 Å². The number of hydrogen-bond donors (Lipinski definition) is 2. The van der Waals surface area contributed by atoms with Gasteiger partial charge in [0.05, 0.1) is 20.7 Å². The molecule has 2 rings (SSSR count). The van der Waals surface area contributed by atoms with E-state index in [2.05, 4.69) is 5.32 Å². The van der Waals surface area contributed by atoms with Crippen molar-refractivity contribution in [3.8, 4) is 5.75 Å². The largest absolute Gasteiger partial charge is 0.505 e. The van der Waals surface area contributed by atoms with Crippen LogP contribution in [0.25, 0.3) is 0 Å². The van der Waals surface area contributed by atoms with Gasteiger partial charge < -0.3 is 10.4 Å². The van der Waals surface area contributed by atoms with Crippen LogP contribution in [-0.2, 0) is 0 Å². The molecule has 0 atom stereocenters. The molecule has 2 aromatic rings. The number of benzene rings is 2. The molecule has 0 fully saturated rings. The number of nitro groups is 1. The predicted molar refractivity (Wildman–Crippen MR) is 84.2 cm³/mol. The maximum atomic E-state index is 12.1. The van der Waals surface area contributed by atoms with Crippen LogP contribution in [-0.4, -0.2) is 15.9 Å². The molecule has 1 amide bonds. The van der Waals surface area contributed by atoms with Crippen LogP contribution in [0.1, 0.15) is 10.4 Å². The van der Waals surface area contributed by atoms with Crippen LogP contribution in [0.2, 0.25) is 15.1 Å². The second-order valence-electron chi connectivity index (χ2n) is 4.14. The van der Waals surface area contributed by atoms with Crippen LogP contribution in [0.5, 0.6) is 5.75 Å². The highest BCUT2D eigenvalue weighted by Crippen LogP contribution is 2.42. The average molecular weight is 362 g/mol. The maximum Gasteiger partial charge on any atom is 0.269 e. The molecule has 0 bridgehead atoms. The van der Waals surface area contributed by atoms with Gasteiger partial charge in [-0.05, 0) is 18.2 Å². The predicted octanol–water partition coefficient (Wildman–Crippen LogP) is 4.51. The number of aromatic hydroxyl groups is 1. The van der Waals surface area contributed by atoms with Gasteiger partial charge in [-0.25, -0.2) is 0 Å². The summed E-state index contributed by atoms with van der Waals surface area (Å²) in [5, 5.41) is 22.2. The summed E-state index contributed by atoms with van der Waals surface area (Å²) in [5.41, 5.74) is 0.158. The second-order valence-corrected chi connectivity index (χ2v) is 5.30. The summed E-state index contributed by atoms with van der Waals surface area (Å²) in [7, 11) is 0. The van der Waals surface area contributed by atoms with Gasteiger partial charge in [0.15, 0.2) is 5.75 Å². The minimum absolute atomic E-state index is 0.0705. The third-order valence-electron chi connectivity index (χ3n) is 2.72. The lowest BCUT2D eigenvalue weighted by molar-refractivity contribution is -0.384. The summed E-state index contributed by atoms with van der Waals surface area (Å²) < 4.78 is 0. The summed E-state index contributed by atoms with van der Waals surface area (Å²) in [6.45, 7) is 0. The minimum Gasteiger partial charge on any atom is -0.505 e. The first-order valence-electron chi connectivity index (χ1n) is 5.73. The number of non-ortho nitro benzene ring substituents is 1. The molecule has 0 heterocycles. The lowest BCUT2D eigenvalue weighted by Gasteiger charge is -2.10. The van der Waals surface area contributed by atoms with Crippen molar-refractivity contribution in [3.05, 3.63) is 61.1 Å². The molecule has 0 aliphatic carbocycles. The van der Waals surface area contributed by atoms with Gasteiger partial charge in [-0.1, -0.05) is 34.8 Å². The molecule has 0 saturated heterocycles. The highest BCUT2D eigenvalue weighted by molar-refractivity contribution is 6.46. The molecule has 2 N–H and O–H groups in total. The summed E-state index contributed by atoms with van der Waals surface area (Å²) in [6, 6.07) is 6.24. The van der Waals surface area contributed by atoms with E-state index >= 15 is 0 Å².